The molecular formula is C23H27ClO6. The number of ether oxygens (including phenoxy) is 2. The summed E-state index contributed by atoms with van der Waals surface area (Å²) in [5.41, 5.74) is 4.83. The van der Waals surface area contributed by atoms with E-state index in [9.17, 15) is 20.4 Å². The van der Waals surface area contributed by atoms with E-state index in [1.807, 2.05) is 30.3 Å². The second-order valence-corrected chi connectivity index (χ2v) is 8.40. The molecule has 1 saturated heterocycles. The largest absolute Gasteiger partial charge is 0.497 e. The van der Waals surface area contributed by atoms with Crippen LogP contribution in [0.15, 0.2) is 30.3 Å². The van der Waals surface area contributed by atoms with Crippen molar-refractivity contribution in [2.45, 2.75) is 56.2 Å². The molecule has 1 fully saturated rings. The highest BCUT2D eigenvalue weighted by molar-refractivity contribution is 6.32. The number of hydrogen-bond acceptors (Lipinski definition) is 6. The van der Waals surface area contributed by atoms with Crippen LogP contribution in [-0.2, 0) is 24.0 Å². The zero-order valence-electron chi connectivity index (χ0n) is 16.8. The number of benzene rings is 2. The van der Waals surface area contributed by atoms with Crippen LogP contribution in [0.5, 0.6) is 5.75 Å². The Morgan fingerprint density at radius 1 is 1.03 bits per heavy atom. The van der Waals surface area contributed by atoms with Gasteiger partial charge in [0, 0.05) is 5.02 Å². The van der Waals surface area contributed by atoms with Gasteiger partial charge >= 0.3 is 0 Å². The Bertz CT molecular complexity index is 898. The van der Waals surface area contributed by atoms with Crippen molar-refractivity contribution in [3.8, 4) is 5.75 Å². The molecule has 2 aromatic rings. The second-order valence-electron chi connectivity index (χ2n) is 8.02. The fourth-order valence-corrected chi connectivity index (χ4v) is 4.87. The minimum absolute atomic E-state index is 0.448. The maximum atomic E-state index is 10.6. The van der Waals surface area contributed by atoms with E-state index >= 15 is 0 Å². The lowest BCUT2D eigenvalue weighted by molar-refractivity contribution is -0.231. The molecule has 4 N–H and O–H groups in total. The van der Waals surface area contributed by atoms with Gasteiger partial charge in [0.2, 0.25) is 0 Å². The third-order valence-electron chi connectivity index (χ3n) is 6.20. The van der Waals surface area contributed by atoms with Crippen LogP contribution in [0.2, 0.25) is 5.02 Å². The van der Waals surface area contributed by atoms with Crippen molar-refractivity contribution in [3.63, 3.8) is 0 Å². The number of aliphatic hydroxyl groups excluding tert-OH is 4. The first-order chi connectivity index (χ1) is 14.4. The lowest BCUT2D eigenvalue weighted by Gasteiger charge is -2.41. The summed E-state index contributed by atoms with van der Waals surface area (Å²) in [4.78, 5) is 0. The van der Waals surface area contributed by atoms with Crippen LogP contribution in [0.25, 0.3) is 0 Å². The van der Waals surface area contributed by atoms with Crippen LogP contribution in [0, 0.1) is 0 Å². The SMILES string of the molecule is COc1ccc(Cc2cc([C@@H]3O[C@H](CO)[C@@H](O)[C@H](O)[C@H]3O)c3c(c2Cl)CCC3)cc1. The average Bonchev–Trinajstić information content (AvgIpc) is 3.26. The zero-order valence-corrected chi connectivity index (χ0v) is 17.5. The molecule has 0 bridgehead atoms. The molecule has 162 valence electrons. The number of aliphatic hydroxyl groups is 4. The van der Waals surface area contributed by atoms with Crippen molar-refractivity contribution < 1.29 is 29.9 Å². The molecule has 1 heterocycles. The molecule has 0 unspecified atom stereocenters. The fourth-order valence-electron chi connectivity index (χ4n) is 4.54. The van der Waals surface area contributed by atoms with Gasteiger partial charge in [-0.1, -0.05) is 29.8 Å². The van der Waals surface area contributed by atoms with Gasteiger partial charge in [-0.25, -0.2) is 0 Å². The first kappa shape index (κ1) is 21.6. The minimum atomic E-state index is -1.40. The normalized spacial score (nSPS) is 28.4. The van der Waals surface area contributed by atoms with Crippen LogP contribution in [0.1, 0.15) is 40.3 Å². The number of halogens is 1. The van der Waals surface area contributed by atoms with E-state index in [0.717, 1.165) is 57.9 Å². The van der Waals surface area contributed by atoms with Gasteiger partial charge in [0.1, 0.15) is 36.3 Å². The number of hydrogen-bond donors (Lipinski definition) is 4. The van der Waals surface area contributed by atoms with Crippen LogP contribution in [0.3, 0.4) is 0 Å². The topological polar surface area (TPSA) is 99.4 Å². The molecule has 6 nitrogen and oxygen atoms in total. The molecular weight excluding hydrogens is 408 g/mol. The van der Waals surface area contributed by atoms with Crippen molar-refractivity contribution in [1.29, 1.82) is 0 Å². The van der Waals surface area contributed by atoms with E-state index in [1.165, 1.54) is 0 Å². The summed E-state index contributed by atoms with van der Waals surface area (Å²) in [6, 6.07) is 9.69. The number of fused-ring (bicyclic) bond motifs is 1. The quantitative estimate of drug-likeness (QED) is 0.574. The third kappa shape index (κ3) is 3.84. The minimum Gasteiger partial charge on any atom is -0.497 e. The molecule has 1 aliphatic heterocycles. The van der Waals surface area contributed by atoms with Crippen LogP contribution in [0.4, 0.5) is 0 Å². The smallest absolute Gasteiger partial charge is 0.118 e. The molecule has 2 aliphatic rings. The van der Waals surface area contributed by atoms with Crippen LogP contribution >= 0.6 is 11.6 Å². The number of methoxy groups -OCH3 is 1. The van der Waals surface area contributed by atoms with E-state index < -0.39 is 37.1 Å². The molecule has 30 heavy (non-hydrogen) atoms. The molecule has 2 aromatic carbocycles. The predicted octanol–water partition coefficient (Wildman–Crippen LogP) is 1.94. The van der Waals surface area contributed by atoms with E-state index in [2.05, 4.69) is 0 Å². The first-order valence-corrected chi connectivity index (χ1v) is 10.6. The molecule has 5 atom stereocenters. The molecule has 0 aromatic heterocycles. The second kappa shape index (κ2) is 8.83. The Morgan fingerprint density at radius 3 is 2.40 bits per heavy atom. The summed E-state index contributed by atoms with van der Waals surface area (Å²) in [6.45, 7) is -0.448. The maximum absolute atomic E-state index is 10.6. The molecule has 7 heteroatoms. The van der Waals surface area contributed by atoms with Crippen molar-refractivity contribution in [1.82, 2.24) is 0 Å². The van der Waals surface area contributed by atoms with E-state index in [-0.39, 0.29) is 0 Å². The fraction of sp³-hybridized carbons (Fsp3) is 0.478. The van der Waals surface area contributed by atoms with Crippen molar-refractivity contribution in [2.75, 3.05) is 13.7 Å². The Hall–Kier alpha value is -1.67. The monoisotopic (exact) mass is 434 g/mol. The molecule has 0 saturated carbocycles. The lowest BCUT2D eigenvalue weighted by Crippen LogP contribution is -2.55. The molecule has 4 rings (SSSR count). The van der Waals surface area contributed by atoms with Gasteiger partial charge in [-0.05, 0) is 65.6 Å². The van der Waals surface area contributed by atoms with Crippen molar-refractivity contribution in [3.05, 3.63) is 63.2 Å². The summed E-state index contributed by atoms with van der Waals surface area (Å²) in [5, 5.41) is 41.3. The van der Waals surface area contributed by atoms with Crippen molar-refractivity contribution in [2.24, 2.45) is 0 Å². The predicted molar refractivity (Wildman–Crippen MR) is 112 cm³/mol. The Labute approximate surface area is 180 Å². The van der Waals surface area contributed by atoms with Gasteiger partial charge < -0.3 is 29.9 Å². The van der Waals surface area contributed by atoms with E-state index in [4.69, 9.17) is 21.1 Å². The summed E-state index contributed by atoms with van der Waals surface area (Å²) < 4.78 is 11.1. The maximum Gasteiger partial charge on any atom is 0.118 e. The van der Waals surface area contributed by atoms with E-state index in [0.29, 0.717) is 6.42 Å². The summed E-state index contributed by atoms with van der Waals surface area (Å²) in [5.74, 6) is 0.779. The van der Waals surface area contributed by atoms with E-state index in [1.54, 1.807) is 7.11 Å². The zero-order chi connectivity index (χ0) is 21.4. The third-order valence-corrected chi connectivity index (χ3v) is 6.67. The van der Waals surface area contributed by atoms with Crippen molar-refractivity contribution >= 4 is 11.6 Å². The summed E-state index contributed by atoms with van der Waals surface area (Å²) in [7, 11) is 1.62. The summed E-state index contributed by atoms with van der Waals surface area (Å²) in [6.07, 6.45) is -2.67. The highest BCUT2D eigenvalue weighted by Gasteiger charge is 2.45. The summed E-state index contributed by atoms with van der Waals surface area (Å²) >= 11 is 6.76. The van der Waals surface area contributed by atoms with Gasteiger partial charge in [0.15, 0.2) is 0 Å². The Balaban J connectivity index is 1.73. The van der Waals surface area contributed by atoms with Gasteiger partial charge in [-0.3, -0.25) is 0 Å². The van der Waals surface area contributed by atoms with Crippen LogP contribution in [-0.4, -0.2) is 58.6 Å². The highest BCUT2D eigenvalue weighted by Crippen LogP contribution is 2.42. The molecule has 1 aliphatic carbocycles. The number of rotatable bonds is 5. The van der Waals surface area contributed by atoms with Gasteiger partial charge in [0.25, 0.3) is 0 Å². The standard InChI is InChI=1S/C23H27ClO6/c1-29-14-7-5-12(6-8-14)9-13-10-17(15-3-2-4-16(15)19(13)24)23-22(28)21(27)20(26)18(11-25)30-23/h5-8,10,18,20-23,25-28H,2-4,9,11H2,1H3/t18-,20-,21+,22-,23+/m1/s1. The lowest BCUT2D eigenvalue weighted by atomic mass is 9.86. The Kier molecular flexibility index (Phi) is 6.34. The molecule has 0 radical (unpaired) electrons. The van der Waals surface area contributed by atoms with Gasteiger partial charge in [-0.2, -0.15) is 0 Å². The highest BCUT2D eigenvalue weighted by atomic mass is 35.5. The van der Waals surface area contributed by atoms with Gasteiger partial charge in [-0.15, -0.1) is 0 Å². The van der Waals surface area contributed by atoms with Crippen LogP contribution < -0.4 is 4.74 Å². The Morgan fingerprint density at radius 2 is 1.73 bits per heavy atom. The molecule has 0 spiro atoms. The van der Waals surface area contributed by atoms with Gasteiger partial charge in [0.05, 0.1) is 13.7 Å². The average molecular weight is 435 g/mol. The molecule has 0 amide bonds. The first-order valence-electron chi connectivity index (χ1n) is 10.2.